The van der Waals surface area contributed by atoms with Gasteiger partial charge in [0, 0.05) is 19.0 Å². The minimum absolute atomic E-state index is 0.0195. The van der Waals surface area contributed by atoms with E-state index in [1.807, 2.05) is 0 Å². The van der Waals surface area contributed by atoms with Crippen LogP contribution in [0, 0.1) is 0 Å². The zero-order chi connectivity index (χ0) is 12.0. The summed E-state index contributed by atoms with van der Waals surface area (Å²) in [6, 6.07) is 4.57. The molecule has 0 saturated heterocycles. The number of rotatable bonds is 6. The smallest absolute Gasteiger partial charge is 0.157 e. The summed E-state index contributed by atoms with van der Waals surface area (Å²) >= 11 is 0. The van der Waals surface area contributed by atoms with Crippen molar-refractivity contribution in [1.29, 1.82) is 0 Å². The molecule has 4 heteroatoms. The molecule has 0 heterocycles. The molecular weight excluding hydrogens is 206 g/mol. The molecule has 1 aromatic carbocycles. The molecular formula is C12H17NO3. The van der Waals surface area contributed by atoms with Gasteiger partial charge in [-0.25, -0.2) is 0 Å². The van der Waals surface area contributed by atoms with Crippen molar-refractivity contribution in [3.63, 3.8) is 0 Å². The van der Waals surface area contributed by atoms with E-state index in [1.165, 1.54) is 12.1 Å². The van der Waals surface area contributed by atoms with Gasteiger partial charge < -0.3 is 20.6 Å². The number of phenolic OH excluding ortho intramolecular Hbond substituents is 2. The third-order valence-electron chi connectivity index (χ3n) is 2.37. The standard InChI is InChI=1S/C12H17NO3/c1-2-5-13-7-10(8-14)9-3-4-11(15)12(16)6-9/h2-4,6,10,13-16H,1,5,7-8H2. The van der Waals surface area contributed by atoms with Crippen LogP contribution in [-0.4, -0.2) is 35.0 Å². The van der Waals surface area contributed by atoms with Crippen LogP contribution >= 0.6 is 0 Å². The summed E-state index contributed by atoms with van der Waals surface area (Å²) in [6.07, 6.45) is 1.74. The number of aliphatic hydroxyl groups excluding tert-OH is 1. The molecule has 4 nitrogen and oxygen atoms in total. The first-order valence-electron chi connectivity index (χ1n) is 5.13. The number of hydrogen-bond donors (Lipinski definition) is 4. The Hall–Kier alpha value is -1.52. The fourth-order valence-corrected chi connectivity index (χ4v) is 1.44. The fourth-order valence-electron chi connectivity index (χ4n) is 1.44. The molecule has 0 amide bonds. The van der Waals surface area contributed by atoms with Crippen LogP contribution in [0.4, 0.5) is 0 Å². The Balaban J connectivity index is 2.70. The van der Waals surface area contributed by atoms with Gasteiger partial charge in [0.15, 0.2) is 11.5 Å². The molecule has 0 aromatic heterocycles. The van der Waals surface area contributed by atoms with Crippen molar-refractivity contribution in [2.75, 3.05) is 19.7 Å². The van der Waals surface area contributed by atoms with Gasteiger partial charge in [-0.15, -0.1) is 6.58 Å². The lowest BCUT2D eigenvalue weighted by Crippen LogP contribution is -2.23. The van der Waals surface area contributed by atoms with E-state index < -0.39 is 0 Å². The average molecular weight is 223 g/mol. The van der Waals surface area contributed by atoms with E-state index in [0.717, 1.165) is 5.56 Å². The summed E-state index contributed by atoms with van der Waals surface area (Å²) in [5.74, 6) is -0.425. The monoisotopic (exact) mass is 223 g/mol. The van der Waals surface area contributed by atoms with Crippen LogP contribution < -0.4 is 5.32 Å². The van der Waals surface area contributed by atoms with Crippen molar-refractivity contribution in [3.05, 3.63) is 36.4 Å². The summed E-state index contributed by atoms with van der Waals surface area (Å²) < 4.78 is 0. The van der Waals surface area contributed by atoms with Crippen molar-refractivity contribution < 1.29 is 15.3 Å². The van der Waals surface area contributed by atoms with Crippen molar-refractivity contribution in [2.24, 2.45) is 0 Å². The highest BCUT2D eigenvalue weighted by Gasteiger charge is 2.11. The molecule has 0 aliphatic heterocycles. The molecule has 0 aliphatic rings. The number of aromatic hydroxyl groups is 2. The van der Waals surface area contributed by atoms with Gasteiger partial charge in [-0.2, -0.15) is 0 Å². The Bertz CT molecular complexity index is 352. The van der Waals surface area contributed by atoms with Crippen LogP contribution in [0.1, 0.15) is 11.5 Å². The van der Waals surface area contributed by atoms with Gasteiger partial charge in [0.1, 0.15) is 0 Å². The van der Waals surface area contributed by atoms with Gasteiger partial charge in [-0.05, 0) is 17.7 Å². The van der Waals surface area contributed by atoms with Gasteiger partial charge in [-0.3, -0.25) is 0 Å². The SMILES string of the molecule is C=CCNCC(CO)c1ccc(O)c(O)c1. The molecule has 1 aromatic rings. The summed E-state index contributed by atoms with van der Waals surface area (Å²) in [4.78, 5) is 0. The van der Waals surface area contributed by atoms with Crippen LogP contribution in [0.2, 0.25) is 0 Å². The molecule has 0 saturated carbocycles. The molecule has 0 radical (unpaired) electrons. The van der Waals surface area contributed by atoms with E-state index >= 15 is 0 Å². The minimum Gasteiger partial charge on any atom is -0.504 e. The zero-order valence-corrected chi connectivity index (χ0v) is 9.06. The molecule has 16 heavy (non-hydrogen) atoms. The van der Waals surface area contributed by atoms with Crippen LogP contribution in [0.15, 0.2) is 30.9 Å². The topological polar surface area (TPSA) is 72.7 Å². The van der Waals surface area contributed by atoms with E-state index in [9.17, 15) is 15.3 Å². The van der Waals surface area contributed by atoms with Crippen LogP contribution in [-0.2, 0) is 0 Å². The average Bonchev–Trinajstić information content (AvgIpc) is 2.29. The summed E-state index contributed by atoms with van der Waals surface area (Å²) in [7, 11) is 0. The molecule has 1 atom stereocenters. The second-order valence-electron chi connectivity index (χ2n) is 3.57. The number of aliphatic hydroxyl groups is 1. The van der Waals surface area contributed by atoms with E-state index in [1.54, 1.807) is 12.1 Å². The van der Waals surface area contributed by atoms with Crippen molar-refractivity contribution in [2.45, 2.75) is 5.92 Å². The van der Waals surface area contributed by atoms with E-state index in [4.69, 9.17) is 0 Å². The molecule has 4 N–H and O–H groups in total. The lowest BCUT2D eigenvalue weighted by atomic mass is 9.99. The van der Waals surface area contributed by atoms with Crippen LogP contribution in [0.5, 0.6) is 11.5 Å². The highest BCUT2D eigenvalue weighted by Crippen LogP contribution is 2.28. The summed E-state index contributed by atoms with van der Waals surface area (Å²) in [5.41, 5.74) is 0.786. The van der Waals surface area contributed by atoms with Gasteiger partial charge in [0.25, 0.3) is 0 Å². The van der Waals surface area contributed by atoms with Crippen molar-refractivity contribution >= 4 is 0 Å². The number of hydrogen-bond acceptors (Lipinski definition) is 4. The maximum absolute atomic E-state index is 9.35. The second kappa shape index (κ2) is 6.15. The second-order valence-corrected chi connectivity index (χ2v) is 3.57. The zero-order valence-electron chi connectivity index (χ0n) is 9.06. The van der Waals surface area contributed by atoms with Gasteiger partial charge >= 0.3 is 0 Å². The van der Waals surface area contributed by atoms with E-state index in [0.29, 0.717) is 13.1 Å². The molecule has 0 spiro atoms. The molecule has 1 unspecified atom stereocenters. The van der Waals surface area contributed by atoms with Gasteiger partial charge in [0.2, 0.25) is 0 Å². The Morgan fingerprint density at radius 3 is 2.62 bits per heavy atom. The summed E-state index contributed by atoms with van der Waals surface area (Å²) in [6.45, 7) is 4.82. The molecule has 1 rings (SSSR count). The van der Waals surface area contributed by atoms with Crippen LogP contribution in [0.25, 0.3) is 0 Å². The Kier molecular flexibility index (Phi) is 4.82. The first kappa shape index (κ1) is 12.5. The number of phenols is 2. The first-order valence-corrected chi connectivity index (χ1v) is 5.13. The van der Waals surface area contributed by atoms with Crippen molar-refractivity contribution in [3.8, 4) is 11.5 Å². The Morgan fingerprint density at radius 2 is 2.06 bits per heavy atom. The van der Waals surface area contributed by atoms with Gasteiger partial charge in [0.05, 0.1) is 6.61 Å². The molecule has 0 bridgehead atoms. The molecule has 0 aliphatic carbocycles. The highest BCUT2D eigenvalue weighted by molar-refractivity contribution is 5.41. The predicted molar refractivity (Wildman–Crippen MR) is 62.7 cm³/mol. The highest BCUT2D eigenvalue weighted by atomic mass is 16.3. The quantitative estimate of drug-likeness (QED) is 0.329. The normalized spacial score (nSPS) is 12.3. The number of nitrogens with one attached hydrogen (secondary N) is 1. The lowest BCUT2D eigenvalue weighted by Gasteiger charge is -2.15. The Labute approximate surface area is 94.9 Å². The van der Waals surface area contributed by atoms with Crippen LogP contribution in [0.3, 0.4) is 0 Å². The molecule has 0 fully saturated rings. The fraction of sp³-hybridized carbons (Fsp3) is 0.333. The van der Waals surface area contributed by atoms with Gasteiger partial charge in [-0.1, -0.05) is 12.1 Å². The summed E-state index contributed by atoms with van der Waals surface area (Å²) in [5, 5.41) is 30.8. The number of benzene rings is 1. The lowest BCUT2D eigenvalue weighted by molar-refractivity contribution is 0.262. The molecule has 88 valence electrons. The third kappa shape index (κ3) is 3.25. The minimum atomic E-state index is -0.167. The van der Waals surface area contributed by atoms with E-state index in [2.05, 4.69) is 11.9 Å². The largest absolute Gasteiger partial charge is 0.504 e. The maximum Gasteiger partial charge on any atom is 0.157 e. The third-order valence-corrected chi connectivity index (χ3v) is 2.37. The first-order chi connectivity index (χ1) is 7.69. The Morgan fingerprint density at radius 1 is 1.31 bits per heavy atom. The predicted octanol–water partition coefficient (Wildman–Crippen LogP) is 0.949. The maximum atomic E-state index is 9.35. The van der Waals surface area contributed by atoms with Crippen molar-refractivity contribution in [1.82, 2.24) is 5.32 Å². The van der Waals surface area contributed by atoms with E-state index in [-0.39, 0.29) is 24.0 Å².